The minimum absolute atomic E-state index is 0.670. The van der Waals surface area contributed by atoms with E-state index in [1.165, 1.54) is 11.1 Å². The first-order valence-electron chi connectivity index (χ1n) is 6.07. The minimum Gasteiger partial charge on any atom is -0.370 e. The molecule has 0 bridgehead atoms. The molecule has 0 aliphatic heterocycles. The smallest absolute Gasteiger partial charge is 0.0726 e. The zero-order valence-electron chi connectivity index (χ0n) is 10.5. The molecule has 0 atom stereocenters. The van der Waals surface area contributed by atoms with Crippen LogP contribution in [0.2, 0.25) is 0 Å². The van der Waals surface area contributed by atoms with Gasteiger partial charge in [-0.2, -0.15) is 0 Å². The third kappa shape index (κ3) is 2.39. The van der Waals surface area contributed by atoms with Crippen LogP contribution in [0.3, 0.4) is 0 Å². The number of pyridine rings is 1. The van der Waals surface area contributed by atoms with Crippen LogP contribution < -0.4 is 10.6 Å². The fourth-order valence-electron chi connectivity index (χ4n) is 2.15. The molecule has 3 heteroatoms. The molecule has 1 aromatic carbocycles. The Balaban J connectivity index is 2.58. The molecule has 0 amide bonds. The predicted molar refractivity (Wildman–Crippen MR) is 73.4 cm³/mol. The van der Waals surface area contributed by atoms with E-state index in [1.54, 1.807) is 0 Å². The zero-order chi connectivity index (χ0) is 12.3. The summed E-state index contributed by atoms with van der Waals surface area (Å²) in [6.07, 6.45) is 0. The van der Waals surface area contributed by atoms with Crippen molar-refractivity contribution < 1.29 is 0 Å². The van der Waals surface area contributed by atoms with E-state index in [-0.39, 0.29) is 0 Å². The molecule has 2 aromatic rings. The Labute approximate surface area is 102 Å². The molecule has 1 aromatic heterocycles. The summed E-state index contributed by atoms with van der Waals surface area (Å²) in [5, 5.41) is 1.20. The van der Waals surface area contributed by atoms with Gasteiger partial charge in [-0.05, 0) is 26.0 Å². The predicted octanol–water partition coefficient (Wildman–Crippen LogP) is 2.33. The van der Waals surface area contributed by atoms with Crippen molar-refractivity contribution in [1.29, 1.82) is 0 Å². The van der Waals surface area contributed by atoms with Crippen LogP contribution in [0.25, 0.3) is 10.9 Å². The van der Waals surface area contributed by atoms with Crippen molar-refractivity contribution in [2.45, 2.75) is 13.8 Å². The molecule has 0 fully saturated rings. The molecule has 2 rings (SSSR count). The van der Waals surface area contributed by atoms with Gasteiger partial charge in [0.05, 0.1) is 5.52 Å². The summed E-state index contributed by atoms with van der Waals surface area (Å²) in [5.41, 5.74) is 9.01. The van der Waals surface area contributed by atoms with Gasteiger partial charge in [0.25, 0.3) is 0 Å². The van der Waals surface area contributed by atoms with Gasteiger partial charge in [-0.3, -0.25) is 4.98 Å². The minimum atomic E-state index is 0.670. The maximum absolute atomic E-state index is 5.67. The lowest BCUT2D eigenvalue weighted by atomic mass is 10.1. The van der Waals surface area contributed by atoms with E-state index in [0.29, 0.717) is 6.54 Å². The number of anilines is 1. The molecule has 0 spiro atoms. The highest BCUT2D eigenvalue weighted by Crippen LogP contribution is 2.26. The largest absolute Gasteiger partial charge is 0.370 e. The Morgan fingerprint density at radius 1 is 1.29 bits per heavy atom. The van der Waals surface area contributed by atoms with Crippen LogP contribution in [0.5, 0.6) is 0 Å². The van der Waals surface area contributed by atoms with Gasteiger partial charge in [-0.15, -0.1) is 0 Å². The number of aromatic nitrogens is 1. The summed E-state index contributed by atoms with van der Waals surface area (Å²) in [7, 11) is 0. The molecular weight excluding hydrogens is 210 g/mol. The van der Waals surface area contributed by atoms with Crippen molar-refractivity contribution in [2.24, 2.45) is 5.73 Å². The average molecular weight is 229 g/mol. The lowest BCUT2D eigenvalue weighted by molar-refractivity contribution is 0.819. The Kier molecular flexibility index (Phi) is 3.59. The molecule has 1 heterocycles. The van der Waals surface area contributed by atoms with Crippen LogP contribution in [0, 0.1) is 6.92 Å². The molecule has 3 nitrogen and oxygen atoms in total. The van der Waals surface area contributed by atoms with Gasteiger partial charge in [0.2, 0.25) is 0 Å². The third-order valence-electron chi connectivity index (χ3n) is 2.94. The Hall–Kier alpha value is -1.61. The molecule has 17 heavy (non-hydrogen) atoms. The van der Waals surface area contributed by atoms with Gasteiger partial charge in [0.1, 0.15) is 0 Å². The van der Waals surface area contributed by atoms with Crippen molar-refractivity contribution in [3.8, 4) is 0 Å². The number of likely N-dealkylation sites (N-methyl/N-ethyl adjacent to an activating group) is 1. The normalized spacial score (nSPS) is 10.8. The Morgan fingerprint density at radius 2 is 2.06 bits per heavy atom. The number of rotatable bonds is 4. The summed E-state index contributed by atoms with van der Waals surface area (Å²) in [6.45, 7) is 6.70. The van der Waals surface area contributed by atoms with Gasteiger partial charge < -0.3 is 10.6 Å². The van der Waals surface area contributed by atoms with E-state index in [1.807, 2.05) is 13.0 Å². The molecule has 0 aliphatic carbocycles. The van der Waals surface area contributed by atoms with Gasteiger partial charge in [0, 0.05) is 36.4 Å². The van der Waals surface area contributed by atoms with Crippen LogP contribution in [0.4, 0.5) is 5.69 Å². The molecule has 0 saturated heterocycles. The lowest BCUT2D eigenvalue weighted by Gasteiger charge is -2.24. The SMILES string of the molecule is CCN(CCN)c1cc(C)nc2ccccc12. The number of nitrogens with two attached hydrogens (primary N) is 1. The van der Waals surface area contributed by atoms with E-state index in [2.05, 4.69) is 41.1 Å². The molecule has 0 unspecified atom stereocenters. The fraction of sp³-hybridized carbons (Fsp3) is 0.357. The molecular formula is C14H19N3. The second-order valence-corrected chi connectivity index (χ2v) is 4.17. The van der Waals surface area contributed by atoms with Gasteiger partial charge in [-0.1, -0.05) is 18.2 Å². The summed E-state index contributed by atoms with van der Waals surface area (Å²) in [6, 6.07) is 10.4. The van der Waals surface area contributed by atoms with Crippen LogP contribution >= 0.6 is 0 Å². The zero-order valence-corrected chi connectivity index (χ0v) is 10.5. The first-order valence-corrected chi connectivity index (χ1v) is 6.07. The average Bonchev–Trinajstić information content (AvgIpc) is 2.35. The highest BCUT2D eigenvalue weighted by molar-refractivity contribution is 5.91. The van der Waals surface area contributed by atoms with Gasteiger partial charge in [0.15, 0.2) is 0 Å². The maximum Gasteiger partial charge on any atom is 0.0726 e. The van der Waals surface area contributed by atoms with Crippen molar-refractivity contribution in [2.75, 3.05) is 24.5 Å². The number of para-hydroxylation sites is 1. The third-order valence-corrected chi connectivity index (χ3v) is 2.94. The quantitative estimate of drug-likeness (QED) is 0.875. The van der Waals surface area contributed by atoms with Crippen LogP contribution in [-0.2, 0) is 0 Å². The summed E-state index contributed by atoms with van der Waals surface area (Å²) < 4.78 is 0. The number of benzene rings is 1. The number of nitrogens with zero attached hydrogens (tertiary/aromatic N) is 2. The van der Waals surface area contributed by atoms with Crippen molar-refractivity contribution in [3.63, 3.8) is 0 Å². The standard InChI is InChI=1S/C14H19N3/c1-3-17(9-8-15)14-10-11(2)16-13-7-5-4-6-12(13)14/h4-7,10H,3,8-9,15H2,1-2H3. The fourth-order valence-corrected chi connectivity index (χ4v) is 2.15. The summed E-state index contributed by atoms with van der Waals surface area (Å²) in [4.78, 5) is 6.86. The second kappa shape index (κ2) is 5.15. The first-order chi connectivity index (χ1) is 8.26. The van der Waals surface area contributed by atoms with Crippen molar-refractivity contribution in [3.05, 3.63) is 36.0 Å². The topological polar surface area (TPSA) is 42.1 Å². The van der Waals surface area contributed by atoms with Crippen molar-refractivity contribution >= 4 is 16.6 Å². The highest BCUT2D eigenvalue weighted by Gasteiger charge is 2.09. The van der Waals surface area contributed by atoms with E-state index in [4.69, 9.17) is 5.73 Å². The van der Waals surface area contributed by atoms with Gasteiger partial charge >= 0.3 is 0 Å². The van der Waals surface area contributed by atoms with Gasteiger partial charge in [-0.25, -0.2) is 0 Å². The molecule has 90 valence electrons. The number of hydrogen-bond acceptors (Lipinski definition) is 3. The van der Waals surface area contributed by atoms with E-state index in [0.717, 1.165) is 24.3 Å². The molecule has 2 N–H and O–H groups in total. The Morgan fingerprint density at radius 3 is 2.76 bits per heavy atom. The number of hydrogen-bond donors (Lipinski definition) is 1. The highest BCUT2D eigenvalue weighted by atomic mass is 15.1. The molecule has 0 aliphatic rings. The van der Waals surface area contributed by atoms with Crippen LogP contribution in [0.15, 0.2) is 30.3 Å². The summed E-state index contributed by atoms with van der Waals surface area (Å²) in [5.74, 6) is 0. The first kappa shape index (κ1) is 11.9. The lowest BCUT2D eigenvalue weighted by Crippen LogP contribution is -2.29. The van der Waals surface area contributed by atoms with Crippen LogP contribution in [0.1, 0.15) is 12.6 Å². The monoisotopic (exact) mass is 229 g/mol. The van der Waals surface area contributed by atoms with E-state index < -0.39 is 0 Å². The number of aryl methyl sites for hydroxylation is 1. The summed E-state index contributed by atoms with van der Waals surface area (Å²) >= 11 is 0. The molecule has 0 radical (unpaired) electrons. The number of fused-ring (bicyclic) bond motifs is 1. The maximum atomic E-state index is 5.67. The van der Waals surface area contributed by atoms with Crippen LogP contribution in [-0.4, -0.2) is 24.6 Å². The second-order valence-electron chi connectivity index (χ2n) is 4.17. The Bertz CT molecular complexity index is 508. The van der Waals surface area contributed by atoms with E-state index >= 15 is 0 Å². The molecule has 0 saturated carbocycles. The van der Waals surface area contributed by atoms with E-state index in [9.17, 15) is 0 Å². The van der Waals surface area contributed by atoms with Crippen molar-refractivity contribution in [1.82, 2.24) is 4.98 Å².